The molecular formula is C19H17Cl2N5OS. The summed E-state index contributed by atoms with van der Waals surface area (Å²) >= 11 is 13.4. The molecule has 2 aromatic heterocycles. The summed E-state index contributed by atoms with van der Waals surface area (Å²) in [6.07, 6.45) is 3.44. The molecule has 0 aliphatic rings. The first-order valence-electron chi connectivity index (χ1n) is 8.38. The van der Waals surface area contributed by atoms with Crippen LogP contribution in [0.1, 0.15) is 6.92 Å². The number of carbonyl (C=O) groups excluding carboxylic acids is 1. The highest BCUT2D eigenvalue weighted by atomic mass is 35.5. The van der Waals surface area contributed by atoms with E-state index < -0.39 is 5.25 Å². The van der Waals surface area contributed by atoms with Crippen LogP contribution >= 0.6 is 35.0 Å². The number of anilines is 1. The molecule has 3 aromatic rings. The number of pyridine rings is 1. The van der Waals surface area contributed by atoms with Crippen LogP contribution in [0.5, 0.6) is 0 Å². The Balaban J connectivity index is 1.79. The molecule has 0 aliphatic carbocycles. The van der Waals surface area contributed by atoms with Gasteiger partial charge in [0.1, 0.15) is 5.69 Å². The molecule has 0 aliphatic heterocycles. The normalized spacial score (nSPS) is 11.8. The van der Waals surface area contributed by atoms with Crippen LogP contribution in [0.2, 0.25) is 10.0 Å². The third kappa shape index (κ3) is 4.55. The van der Waals surface area contributed by atoms with Crippen molar-refractivity contribution in [3.8, 4) is 11.5 Å². The molecule has 6 nitrogen and oxygen atoms in total. The second-order valence-corrected chi connectivity index (χ2v) is 7.86. The van der Waals surface area contributed by atoms with Gasteiger partial charge in [0.05, 0.1) is 21.0 Å². The van der Waals surface area contributed by atoms with Crippen molar-refractivity contribution in [1.82, 2.24) is 19.7 Å². The fraction of sp³-hybridized carbons (Fsp3) is 0.158. The average molecular weight is 434 g/mol. The summed E-state index contributed by atoms with van der Waals surface area (Å²) < 4.78 is 1.87. The summed E-state index contributed by atoms with van der Waals surface area (Å²) in [5, 5.41) is 12.1. The van der Waals surface area contributed by atoms with E-state index in [1.807, 2.05) is 22.8 Å². The van der Waals surface area contributed by atoms with Gasteiger partial charge in [-0.25, -0.2) is 0 Å². The summed E-state index contributed by atoms with van der Waals surface area (Å²) in [4.78, 5) is 16.9. The number of nitrogens with zero attached hydrogens (tertiary/aromatic N) is 4. The van der Waals surface area contributed by atoms with E-state index >= 15 is 0 Å². The van der Waals surface area contributed by atoms with Gasteiger partial charge in [0, 0.05) is 12.7 Å². The molecule has 1 unspecified atom stereocenters. The largest absolute Gasteiger partial charge is 0.324 e. The molecule has 0 spiro atoms. The van der Waals surface area contributed by atoms with E-state index in [0.717, 1.165) is 0 Å². The van der Waals surface area contributed by atoms with E-state index in [-0.39, 0.29) is 5.91 Å². The Hall–Kier alpha value is -2.35. The molecule has 0 bridgehead atoms. The molecule has 1 aromatic carbocycles. The smallest absolute Gasteiger partial charge is 0.237 e. The summed E-state index contributed by atoms with van der Waals surface area (Å²) in [5.41, 5.74) is 1.17. The number of hydrogen-bond acceptors (Lipinski definition) is 5. The fourth-order valence-corrected chi connectivity index (χ4v) is 3.61. The van der Waals surface area contributed by atoms with E-state index in [4.69, 9.17) is 23.2 Å². The summed E-state index contributed by atoms with van der Waals surface area (Å²) in [6, 6.07) is 10.7. The Labute approximate surface area is 177 Å². The number of nitrogens with one attached hydrogen (secondary N) is 1. The Morgan fingerprint density at radius 2 is 2.11 bits per heavy atom. The average Bonchev–Trinajstić information content (AvgIpc) is 3.08. The third-order valence-electron chi connectivity index (χ3n) is 3.78. The van der Waals surface area contributed by atoms with E-state index in [9.17, 15) is 4.79 Å². The highest BCUT2D eigenvalue weighted by Gasteiger charge is 2.21. The van der Waals surface area contributed by atoms with Crippen LogP contribution in [-0.2, 0) is 11.3 Å². The number of carbonyl (C=O) groups is 1. The van der Waals surface area contributed by atoms with Crippen LogP contribution in [0.3, 0.4) is 0 Å². The molecule has 0 saturated carbocycles. The van der Waals surface area contributed by atoms with Gasteiger partial charge < -0.3 is 5.32 Å². The first-order valence-corrected chi connectivity index (χ1v) is 10.0. The van der Waals surface area contributed by atoms with Crippen LogP contribution in [-0.4, -0.2) is 30.9 Å². The van der Waals surface area contributed by atoms with Crippen molar-refractivity contribution in [1.29, 1.82) is 0 Å². The van der Waals surface area contributed by atoms with Gasteiger partial charge in [-0.3, -0.25) is 14.3 Å². The fourth-order valence-electron chi connectivity index (χ4n) is 2.40. The van der Waals surface area contributed by atoms with Crippen LogP contribution < -0.4 is 5.32 Å². The minimum atomic E-state index is -0.445. The maximum Gasteiger partial charge on any atom is 0.237 e. The maximum absolute atomic E-state index is 12.6. The molecule has 2 heterocycles. The van der Waals surface area contributed by atoms with E-state index in [1.165, 1.54) is 11.8 Å². The molecule has 1 amide bonds. The zero-order chi connectivity index (χ0) is 20.1. The molecule has 28 heavy (non-hydrogen) atoms. The van der Waals surface area contributed by atoms with Crippen LogP contribution in [0, 0.1) is 0 Å². The number of thioether (sulfide) groups is 1. The number of aromatic nitrogens is 4. The minimum Gasteiger partial charge on any atom is -0.324 e. The molecule has 1 atom stereocenters. The SMILES string of the molecule is C=CCn1c(SC(C)C(=O)Nc2cccc(Cl)c2Cl)nnc1-c1ccccn1. The first kappa shape index (κ1) is 20.4. The second kappa shape index (κ2) is 9.23. The Kier molecular flexibility index (Phi) is 6.72. The van der Waals surface area contributed by atoms with Gasteiger partial charge in [-0.2, -0.15) is 0 Å². The lowest BCUT2D eigenvalue weighted by molar-refractivity contribution is -0.115. The van der Waals surface area contributed by atoms with Gasteiger partial charge in [-0.15, -0.1) is 16.8 Å². The van der Waals surface area contributed by atoms with Gasteiger partial charge in [0.15, 0.2) is 11.0 Å². The van der Waals surface area contributed by atoms with Gasteiger partial charge in [-0.1, -0.05) is 53.2 Å². The predicted octanol–water partition coefficient (Wildman–Crippen LogP) is 4.95. The second-order valence-electron chi connectivity index (χ2n) is 5.77. The Bertz CT molecular complexity index is 993. The third-order valence-corrected chi connectivity index (χ3v) is 5.68. The van der Waals surface area contributed by atoms with Crippen molar-refractivity contribution in [3.05, 3.63) is 65.3 Å². The quantitative estimate of drug-likeness (QED) is 0.421. The van der Waals surface area contributed by atoms with E-state index in [2.05, 4.69) is 27.1 Å². The van der Waals surface area contributed by atoms with E-state index in [0.29, 0.717) is 39.0 Å². The zero-order valence-electron chi connectivity index (χ0n) is 15.0. The maximum atomic E-state index is 12.6. The lowest BCUT2D eigenvalue weighted by Crippen LogP contribution is -2.23. The standard InChI is InChI=1S/C19H17Cl2N5OS/c1-3-11-26-17(15-8-4-5-10-22-15)24-25-19(26)28-12(2)18(27)23-14-9-6-7-13(20)16(14)21/h3-10,12H,1,11H2,2H3,(H,23,27). The van der Waals surface area contributed by atoms with Gasteiger partial charge >= 0.3 is 0 Å². The summed E-state index contributed by atoms with van der Waals surface area (Å²) in [7, 11) is 0. The molecule has 1 N–H and O–H groups in total. The molecule has 144 valence electrons. The predicted molar refractivity (Wildman–Crippen MR) is 114 cm³/mol. The van der Waals surface area contributed by atoms with Crippen LogP contribution in [0.25, 0.3) is 11.5 Å². The number of amides is 1. The molecular weight excluding hydrogens is 417 g/mol. The topological polar surface area (TPSA) is 72.7 Å². The van der Waals surface area contributed by atoms with Gasteiger partial charge in [-0.05, 0) is 31.2 Å². The number of allylic oxidation sites excluding steroid dienone is 1. The number of hydrogen-bond donors (Lipinski definition) is 1. The first-order chi connectivity index (χ1) is 13.5. The van der Waals surface area contributed by atoms with Crippen molar-refractivity contribution < 1.29 is 4.79 Å². The Morgan fingerprint density at radius 1 is 1.29 bits per heavy atom. The van der Waals surface area contributed by atoms with E-state index in [1.54, 1.807) is 37.4 Å². The van der Waals surface area contributed by atoms with Crippen molar-refractivity contribution in [2.24, 2.45) is 0 Å². The van der Waals surface area contributed by atoms with Crippen LogP contribution in [0.15, 0.2) is 60.4 Å². The van der Waals surface area contributed by atoms with Crippen LogP contribution in [0.4, 0.5) is 5.69 Å². The highest BCUT2D eigenvalue weighted by molar-refractivity contribution is 8.00. The number of benzene rings is 1. The summed E-state index contributed by atoms with van der Waals surface area (Å²) in [6.45, 7) is 6.07. The zero-order valence-corrected chi connectivity index (χ0v) is 17.3. The molecule has 9 heteroatoms. The van der Waals surface area contributed by atoms with Crippen molar-refractivity contribution >= 4 is 46.6 Å². The minimum absolute atomic E-state index is 0.221. The number of halogens is 2. The van der Waals surface area contributed by atoms with Gasteiger partial charge in [0.25, 0.3) is 0 Å². The van der Waals surface area contributed by atoms with Crippen molar-refractivity contribution in [2.45, 2.75) is 23.9 Å². The van der Waals surface area contributed by atoms with Crippen molar-refractivity contribution in [2.75, 3.05) is 5.32 Å². The van der Waals surface area contributed by atoms with Gasteiger partial charge in [0.2, 0.25) is 5.91 Å². The lowest BCUT2D eigenvalue weighted by Gasteiger charge is -2.14. The number of rotatable bonds is 7. The monoisotopic (exact) mass is 433 g/mol. The summed E-state index contributed by atoms with van der Waals surface area (Å²) in [5.74, 6) is 0.398. The molecule has 0 saturated heterocycles. The molecule has 0 fully saturated rings. The Morgan fingerprint density at radius 3 is 2.82 bits per heavy atom. The molecule has 0 radical (unpaired) electrons. The van der Waals surface area contributed by atoms with Crippen molar-refractivity contribution in [3.63, 3.8) is 0 Å². The molecule has 3 rings (SSSR count). The highest BCUT2D eigenvalue weighted by Crippen LogP contribution is 2.31. The lowest BCUT2D eigenvalue weighted by atomic mass is 10.3.